The van der Waals surface area contributed by atoms with E-state index in [-0.39, 0.29) is 0 Å². The monoisotopic (exact) mass is 176 g/mol. The molecule has 0 fully saturated rings. The zero-order chi connectivity index (χ0) is 9.68. The number of ether oxygens (including phenoxy) is 1. The Morgan fingerprint density at radius 2 is 1.77 bits per heavy atom. The minimum absolute atomic E-state index is 0.917. The first-order valence-corrected chi connectivity index (χ1v) is 4.63. The summed E-state index contributed by atoms with van der Waals surface area (Å²) in [6.45, 7) is 6.24. The Balaban J connectivity index is 2.74. The van der Waals surface area contributed by atoms with E-state index in [0.29, 0.717) is 0 Å². The molecule has 0 saturated heterocycles. The fraction of sp³-hybridized carbons (Fsp3) is 0.333. The van der Waals surface area contributed by atoms with Gasteiger partial charge in [-0.1, -0.05) is 25.1 Å². The van der Waals surface area contributed by atoms with Gasteiger partial charge in [-0.15, -0.1) is 0 Å². The minimum Gasteiger partial charge on any atom is -0.462 e. The molecular weight excluding hydrogens is 160 g/mol. The van der Waals surface area contributed by atoms with Crippen molar-refractivity contribution < 1.29 is 4.74 Å². The van der Waals surface area contributed by atoms with Crippen molar-refractivity contribution in [2.24, 2.45) is 0 Å². The Bertz CT molecular complexity index is 281. The van der Waals surface area contributed by atoms with Crippen molar-refractivity contribution in [1.29, 1.82) is 0 Å². The van der Waals surface area contributed by atoms with E-state index in [1.165, 1.54) is 5.57 Å². The molecule has 0 amide bonds. The molecule has 0 spiro atoms. The smallest absolute Gasteiger partial charge is 0.126 e. The van der Waals surface area contributed by atoms with Gasteiger partial charge in [0.25, 0.3) is 0 Å². The molecule has 0 aliphatic rings. The lowest BCUT2D eigenvalue weighted by Crippen LogP contribution is -1.95. The van der Waals surface area contributed by atoms with Crippen LogP contribution in [0.4, 0.5) is 0 Å². The highest BCUT2D eigenvalue weighted by atomic mass is 16.5. The third-order valence-electron chi connectivity index (χ3n) is 1.86. The highest BCUT2D eigenvalue weighted by Crippen LogP contribution is 2.16. The van der Waals surface area contributed by atoms with Gasteiger partial charge in [0.2, 0.25) is 0 Å². The predicted octanol–water partition coefficient (Wildman–Crippen LogP) is 3.77. The van der Waals surface area contributed by atoms with E-state index in [4.69, 9.17) is 4.74 Å². The second-order valence-electron chi connectivity index (χ2n) is 3.19. The Morgan fingerprint density at radius 3 is 2.23 bits per heavy atom. The number of hydrogen-bond donors (Lipinski definition) is 0. The van der Waals surface area contributed by atoms with Crippen LogP contribution < -0.4 is 4.74 Å². The summed E-state index contributed by atoms with van der Waals surface area (Å²) >= 11 is 0. The van der Waals surface area contributed by atoms with Crippen LogP contribution in [-0.4, -0.2) is 0 Å². The fourth-order valence-corrected chi connectivity index (χ4v) is 1.16. The summed E-state index contributed by atoms with van der Waals surface area (Å²) in [5, 5.41) is 0. The SMILES string of the molecule is CCC(Oc1ccccc1)=C(C)C. The van der Waals surface area contributed by atoms with Crippen molar-refractivity contribution in [1.82, 2.24) is 0 Å². The van der Waals surface area contributed by atoms with Crippen molar-refractivity contribution in [3.63, 3.8) is 0 Å². The molecular formula is C12H16O. The lowest BCUT2D eigenvalue weighted by Gasteiger charge is -2.09. The zero-order valence-electron chi connectivity index (χ0n) is 8.50. The number of rotatable bonds is 3. The first-order valence-electron chi connectivity index (χ1n) is 4.63. The van der Waals surface area contributed by atoms with E-state index in [0.717, 1.165) is 17.9 Å². The Labute approximate surface area is 80.0 Å². The molecule has 1 aromatic carbocycles. The van der Waals surface area contributed by atoms with Crippen molar-refractivity contribution >= 4 is 0 Å². The van der Waals surface area contributed by atoms with Crippen LogP contribution >= 0.6 is 0 Å². The molecule has 0 radical (unpaired) electrons. The maximum Gasteiger partial charge on any atom is 0.126 e. The highest BCUT2D eigenvalue weighted by molar-refractivity contribution is 5.24. The summed E-state index contributed by atoms with van der Waals surface area (Å²) in [6.07, 6.45) is 0.942. The minimum atomic E-state index is 0.917. The first-order chi connectivity index (χ1) is 6.24. The van der Waals surface area contributed by atoms with Gasteiger partial charge in [0, 0.05) is 6.42 Å². The molecule has 1 aromatic rings. The van der Waals surface area contributed by atoms with Crippen LogP contribution in [0.25, 0.3) is 0 Å². The van der Waals surface area contributed by atoms with E-state index >= 15 is 0 Å². The molecule has 13 heavy (non-hydrogen) atoms. The standard InChI is InChI=1S/C12H16O/c1-4-12(10(2)3)13-11-8-6-5-7-9-11/h5-9H,4H2,1-3H3. The van der Waals surface area contributed by atoms with Gasteiger partial charge in [-0.05, 0) is 31.6 Å². The van der Waals surface area contributed by atoms with E-state index in [2.05, 4.69) is 20.8 Å². The molecule has 0 unspecified atom stereocenters. The van der Waals surface area contributed by atoms with Crippen molar-refractivity contribution in [2.45, 2.75) is 27.2 Å². The quantitative estimate of drug-likeness (QED) is 0.637. The average molecular weight is 176 g/mol. The Hall–Kier alpha value is -1.24. The molecule has 0 aliphatic carbocycles. The molecule has 0 N–H and O–H groups in total. The lowest BCUT2D eigenvalue weighted by atomic mass is 10.2. The second kappa shape index (κ2) is 4.70. The molecule has 70 valence electrons. The zero-order valence-corrected chi connectivity index (χ0v) is 8.50. The van der Waals surface area contributed by atoms with Crippen LogP contribution in [0.2, 0.25) is 0 Å². The first kappa shape index (κ1) is 9.85. The van der Waals surface area contributed by atoms with Crippen LogP contribution in [-0.2, 0) is 0 Å². The number of para-hydroxylation sites is 1. The molecule has 0 aliphatic heterocycles. The molecule has 1 heteroatoms. The third-order valence-corrected chi connectivity index (χ3v) is 1.86. The molecule has 0 heterocycles. The van der Waals surface area contributed by atoms with Crippen LogP contribution in [0.1, 0.15) is 27.2 Å². The van der Waals surface area contributed by atoms with Gasteiger partial charge in [0.15, 0.2) is 0 Å². The van der Waals surface area contributed by atoms with Crippen LogP contribution in [0, 0.1) is 0 Å². The predicted molar refractivity (Wildman–Crippen MR) is 55.7 cm³/mol. The van der Waals surface area contributed by atoms with Crippen LogP contribution in [0.5, 0.6) is 5.75 Å². The molecule has 1 nitrogen and oxygen atoms in total. The summed E-state index contributed by atoms with van der Waals surface area (Å²) in [7, 11) is 0. The summed E-state index contributed by atoms with van der Waals surface area (Å²) in [5.41, 5.74) is 1.24. The van der Waals surface area contributed by atoms with E-state index in [9.17, 15) is 0 Å². The highest BCUT2D eigenvalue weighted by Gasteiger charge is 1.98. The summed E-state index contributed by atoms with van der Waals surface area (Å²) in [5.74, 6) is 1.98. The number of hydrogen-bond acceptors (Lipinski definition) is 1. The van der Waals surface area contributed by atoms with Crippen molar-refractivity contribution in [2.75, 3.05) is 0 Å². The van der Waals surface area contributed by atoms with Crippen molar-refractivity contribution in [3.05, 3.63) is 41.7 Å². The van der Waals surface area contributed by atoms with Gasteiger partial charge in [0.1, 0.15) is 11.5 Å². The number of benzene rings is 1. The summed E-state index contributed by atoms with van der Waals surface area (Å²) in [4.78, 5) is 0. The van der Waals surface area contributed by atoms with E-state index < -0.39 is 0 Å². The maximum absolute atomic E-state index is 5.70. The van der Waals surface area contributed by atoms with Gasteiger partial charge in [-0.2, -0.15) is 0 Å². The lowest BCUT2D eigenvalue weighted by molar-refractivity contribution is 0.403. The van der Waals surface area contributed by atoms with Gasteiger partial charge >= 0.3 is 0 Å². The van der Waals surface area contributed by atoms with Gasteiger partial charge < -0.3 is 4.74 Å². The maximum atomic E-state index is 5.70. The van der Waals surface area contributed by atoms with Gasteiger partial charge in [-0.3, -0.25) is 0 Å². The van der Waals surface area contributed by atoms with E-state index in [1.807, 2.05) is 30.3 Å². The van der Waals surface area contributed by atoms with Gasteiger partial charge in [0.05, 0.1) is 0 Å². The van der Waals surface area contributed by atoms with Crippen LogP contribution in [0.3, 0.4) is 0 Å². The summed E-state index contributed by atoms with van der Waals surface area (Å²) < 4.78 is 5.70. The Kier molecular flexibility index (Phi) is 3.56. The van der Waals surface area contributed by atoms with Crippen molar-refractivity contribution in [3.8, 4) is 5.75 Å². The molecule has 0 atom stereocenters. The fourth-order valence-electron chi connectivity index (χ4n) is 1.16. The van der Waals surface area contributed by atoms with Gasteiger partial charge in [-0.25, -0.2) is 0 Å². The van der Waals surface area contributed by atoms with E-state index in [1.54, 1.807) is 0 Å². The second-order valence-corrected chi connectivity index (χ2v) is 3.19. The largest absolute Gasteiger partial charge is 0.462 e. The normalized spacial score (nSPS) is 9.46. The molecule has 0 saturated carbocycles. The number of allylic oxidation sites excluding steroid dienone is 2. The summed E-state index contributed by atoms with van der Waals surface area (Å²) in [6, 6.07) is 9.89. The third kappa shape index (κ3) is 2.94. The topological polar surface area (TPSA) is 9.23 Å². The molecule has 1 rings (SSSR count). The molecule has 0 aromatic heterocycles. The Morgan fingerprint density at radius 1 is 1.15 bits per heavy atom. The molecule has 0 bridgehead atoms. The average Bonchev–Trinajstić information content (AvgIpc) is 2.15. The van der Waals surface area contributed by atoms with Crippen LogP contribution in [0.15, 0.2) is 41.7 Å².